The Labute approximate surface area is 174 Å². The minimum absolute atomic E-state index is 0.278. The van der Waals surface area contributed by atoms with Crippen molar-refractivity contribution < 1.29 is 0 Å². The molecule has 3 rings (SSSR count). The number of thiocarbonyl (C=S) groups is 1. The maximum Gasteiger partial charge on any atom is 0.167 e. The second-order valence-corrected chi connectivity index (χ2v) is 7.89. The number of hydrogen-bond donors (Lipinski definition) is 2. The second-order valence-electron chi connectivity index (χ2n) is 7.48. The molecular formula is C25H28N2S. The molecule has 0 aliphatic rings. The second kappa shape index (κ2) is 9.03. The van der Waals surface area contributed by atoms with E-state index in [1.165, 1.54) is 0 Å². The van der Waals surface area contributed by atoms with Crippen LogP contribution in [0.4, 0.5) is 0 Å². The van der Waals surface area contributed by atoms with E-state index in [4.69, 9.17) is 12.2 Å². The van der Waals surface area contributed by atoms with Crippen LogP contribution in [0.3, 0.4) is 0 Å². The lowest BCUT2D eigenvalue weighted by Gasteiger charge is -2.38. The van der Waals surface area contributed by atoms with E-state index < -0.39 is 5.54 Å². The highest BCUT2D eigenvalue weighted by Crippen LogP contribution is 2.36. The Balaban J connectivity index is 2.15. The van der Waals surface area contributed by atoms with Gasteiger partial charge in [0.1, 0.15) is 5.54 Å². The van der Waals surface area contributed by atoms with Gasteiger partial charge in [0.15, 0.2) is 5.11 Å². The fourth-order valence-corrected chi connectivity index (χ4v) is 3.70. The van der Waals surface area contributed by atoms with E-state index >= 15 is 0 Å². The van der Waals surface area contributed by atoms with Gasteiger partial charge in [-0.2, -0.15) is 0 Å². The number of benzene rings is 3. The molecule has 3 heteroatoms. The third-order valence-electron chi connectivity index (χ3n) is 5.28. The summed E-state index contributed by atoms with van der Waals surface area (Å²) in [5.41, 5.74) is 2.86. The lowest BCUT2D eigenvalue weighted by atomic mass is 9.77. The van der Waals surface area contributed by atoms with E-state index in [-0.39, 0.29) is 6.04 Å². The lowest BCUT2D eigenvalue weighted by molar-refractivity contribution is 0.473. The summed E-state index contributed by atoms with van der Waals surface area (Å²) in [6, 6.07) is 31.8. The Bertz CT molecular complexity index is 780. The first-order valence-electron chi connectivity index (χ1n) is 9.79. The largest absolute Gasteiger partial charge is 0.360 e. The molecule has 0 unspecified atom stereocenters. The van der Waals surface area contributed by atoms with Crippen LogP contribution in [0, 0.1) is 5.92 Å². The molecule has 28 heavy (non-hydrogen) atoms. The first kappa shape index (κ1) is 20.1. The van der Waals surface area contributed by atoms with Gasteiger partial charge in [-0.1, -0.05) is 105 Å². The molecule has 0 amide bonds. The fourth-order valence-electron chi connectivity index (χ4n) is 3.36. The predicted molar refractivity (Wildman–Crippen MR) is 122 cm³/mol. The summed E-state index contributed by atoms with van der Waals surface area (Å²) in [5.74, 6) is 0.485. The highest BCUT2D eigenvalue weighted by molar-refractivity contribution is 7.80. The molecule has 0 aliphatic heterocycles. The smallest absolute Gasteiger partial charge is 0.167 e. The Hall–Kier alpha value is -2.65. The van der Waals surface area contributed by atoms with Gasteiger partial charge in [0.2, 0.25) is 0 Å². The molecule has 3 aromatic carbocycles. The predicted octanol–water partition coefficient (Wildman–Crippen LogP) is 5.49. The first-order chi connectivity index (χ1) is 13.5. The van der Waals surface area contributed by atoms with Gasteiger partial charge in [-0.15, -0.1) is 0 Å². The Morgan fingerprint density at radius 3 is 1.36 bits per heavy atom. The summed E-state index contributed by atoms with van der Waals surface area (Å²) in [6.07, 6.45) is 0. The van der Waals surface area contributed by atoms with Crippen molar-refractivity contribution in [2.75, 3.05) is 0 Å². The van der Waals surface area contributed by atoms with Gasteiger partial charge in [0.25, 0.3) is 0 Å². The number of rotatable bonds is 6. The molecule has 2 N–H and O–H groups in total. The van der Waals surface area contributed by atoms with Crippen LogP contribution in [0.1, 0.15) is 37.5 Å². The zero-order chi connectivity index (χ0) is 20.0. The Kier molecular flexibility index (Phi) is 6.48. The van der Waals surface area contributed by atoms with Crippen LogP contribution in [0.25, 0.3) is 0 Å². The van der Waals surface area contributed by atoms with Crippen molar-refractivity contribution in [3.05, 3.63) is 108 Å². The molecule has 144 valence electrons. The van der Waals surface area contributed by atoms with Gasteiger partial charge in [-0.3, -0.25) is 0 Å². The molecule has 3 aromatic rings. The standard InChI is InChI=1S/C25H28N2S/c1-19(2)20(3)26-24(28)27-25(21-13-7-4-8-14-21,22-15-9-5-10-16-22)23-17-11-6-12-18-23/h4-20H,1-3H3,(H2,26,27,28)/t20-/m0/s1. The van der Waals surface area contributed by atoms with Gasteiger partial charge in [0.05, 0.1) is 0 Å². The molecule has 0 saturated heterocycles. The topological polar surface area (TPSA) is 24.1 Å². The van der Waals surface area contributed by atoms with Gasteiger partial charge < -0.3 is 10.6 Å². The van der Waals surface area contributed by atoms with Crippen molar-refractivity contribution in [2.45, 2.75) is 32.4 Å². The van der Waals surface area contributed by atoms with Crippen LogP contribution < -0.4 is 10.6 Å². The van der Waals surface area contributed by atoms with Crippen molar-refractivity contribution >= 4 is 17.3 Å². The van der Waals surface area contributed by atoms with Crippen LogP contribution in [0.2, 0.25) is 0 Å². The molecule has 0 radical (unpaired) electrons. The molecule has 0 saturated carbocycles. The number of hydrogen-bond acceptors (Lipinski definition) is 1. The highest BCUT2D eigenvalue weighted by atomic mass is 32.1. The fraction of sp³-hybridized carbons (Fsp3) is 0.240. The van der Waals surface area contributed by atoms with Gasteiger partial charge >= 0.3 is 0 Å². The minimum atomic E-state index is -0.579. The van der Waals surface area contributed by atoms with Crippen LogP contribution in [-0.4, -0.2) is 11.2 Å². The third-order valence-corrected chi connectivity index (χ3v) is 5.50. The van der Waals surface area contributed by atoms with Gasteiger partial charge in [0, 0.05) is 6.04 Å². The van der Waals surface area contributed by atoms with E-state index in [9.17, 15) is 0 Å². The average molecular weight is 389 g/mol. The number of nitrogens with one attached hydrogen (secondary N) is 2. The molecule has 1 atom stereocenters. The minimum Gasteiger partial charge on any atom is -0.360 e. The average Bonchev–Trinajstić information content (AvgIpc) is 2.74. The molecule has 0 aromatic heterocycles. The summed E-state index contributed by atoms with van der Waals surface area (Å²) in [5, 5.41) is 7.80. The van der Waals surface area contributed by atoms with Gasteiger partial charge in [-0.25, -0.2) is 0 Å². The molecular weight excluding hydrogens is 360 g/mol. The van der Waals surface area contributed by atoms with Crippen molar-refractivity contribution in [1.29, 1.82) is 0 Å². The normalized spacial score (nSPS) is 12.4. The third kappa shape index (κ3) is 4.26. The molecule has 0 fully saturated rings. The van der Waals surface area contributed by atoms with Crippen molar-refractivity contribution in [3.63, 3.8) is 0 Å². The Morgan fingerprint density at radius 2 is 1.04 bits per heavy atom. The zero-order valence-electron chi connectivity index (χ0n) is 16.7. The monoisotopic (exact) mass is 388 g/mol. The summed E-state index contributed by atoms with van der Waals surface area (Å²) < 4.78 is 0. The SMILES string of the molecule is CC(C)[C@H](C)NC(=S)NC(c1ccccc1)(c1ccccc1)c1ccccc1. The summed E-state index contributed by atoms with van der Waals surface area (Å²) in [6.45, 7) is 6.55. The summed E-state index contributed by atoms with van der Waals surface area (Å²) in [4.78, 5) is 0. The van der Waals surface area contributed by atoms with E-state index in [0.29, 0.717) is 11.0 Å². The van der Waals surface area contributed by atoms with E-state index in [2.05, 4.69) is 104 Å². The van der Waals surface area contributed by atoms with Crippen LogP contribution >= 0.6 is 12.2 Å². The van der Waals surface area contributed by atoms with E-state index in [0.717, 1.165) is 16.7 Å². The highest BCUT2D eigenvalue weighted by Gasteiger charge is 2.37. The summed E-state index contributed by atoms with van der Waals surface area (Å²) in [7, 11) is 0. The first-order valence-corrected chi connectivity index (χ1v) is 10.2. The van der Waals surface area contributed by atoms with E-state index in [1.54, 1.807) is 0 Å². The quantitative estimate of drug-likeness (QED) is 0.431. The van der Waals surface area contributed by atoms with Crippen molar-refractivity contribution in [3.8, 4) is 0 Å². The van der Waals surface area contributed by atoms with Crippen molar-refractivity contribution in [2.24, 2.45) is 5.92 Å². The molecule has 0 aliphatic carbocycles. The lowest BCUT2D eigenvalue weighted by Crippen LogP contribution is -2.53. The van der Waals surface area contributed by atoms with E-state index in [1.807, 2.05) is 18.2 Å². The Morgan fingerprint density at radius 1 is 0.679 bits per heavy atom. The molecule has 0 heterocycles. The van der Waals surface area contributed by atoms with Gasteiger partial charge in [-0.05, 0) is 41.7 Å². The van der Waals surface area contributed by atoms with Crippen LogP contribution in [0.5, 0.6) is 0 Å². The van der Waals surface area contributed by atoms with Crippen molar-refractivity contribution in [1.82, 2.24) is 10.6 Å². The maximum atomic E-state index is 5.78. The van der Waals surface area contributed by atoms with Crippen LogP contribution in [0.15, 0.2) is 91.0 Å². The summed E-state index contributed by atoms with van der Waals surface area (Å²) >= 11 is 5.78. The molecule has 2 nitrogen and oxygen atoms in total. The molecule has 0 spiro atoms. The van der Waals surface area contributed by atoms with Crippen LogP contribution in [-0.2, 0) is 5.54 Å². The maximum absolute atomic E-state index is 5.78. The molecule has 0 bridgehead atoms. The zero-order valence-corrected chi connectivity index (χ0v) is 17.5.